The number of hydrogen-bond acceptors (Lipinski definition) is 6. The number of hydrogen-bond donors (Lipinski definition) is 1. The maximum Gasteiger partial charge on any atom is 0.229 e. The van der Waals surface area contributed by atoms with Crippen LogP contribution in [-0.2, 0) is 6.42 Å². The Labute approximate surface area is 165 Å². The van der Waals surface area contributed by atoms with Gasteiger partial charge in [-0.25, -0.2) is 4.98 Å². The number of quaternary nitrogens is 1. The SMILES string of the molecule is Cc1cc(CCNCC[N+]23CCN(CC2)CC3)ccc1N=Nc1nccs1. The van der Waals surface area contributed by atoms with Crippen molar-refractivity contribution >= 4 is 22.2 Å². The van der Waals surface area contributed by atoms with Crippen molar-refractivity contribution in [3.63, 3.8) is 0 Å². The first-order chi connectivity index (χ1) is 13.2. The second kappa shape index (κ2) is 8.56. The summed E-state index contributed by atoms with van der Waals surface area (Å²) in [6.07, 6.45) is 2.80. The van der Waals surface area contributed by atoms with Crippen molar-refractivity contribution < 1.29 is 4.48 Å². The molecule has 3 saturated heterocycles. The minimum absolute atomic E-state index is 0.698. The summed E-state index contributed by atoms with van der Waals surface area (Å²) >= 11 is 1.50. The van der Waals surface area contributed by atoms with Crippen molar-refractivity contribution in [2.75, 3.05) is 58.9 Å². The number of benzene rings is 1. The van der Waals surface area contributed by atoms with Crippen LogP contribution in [0.25, 0.3) is 0 Å². The van der Waals surface area contributed by atoms with Gasteiger partial charge >= 0.3 is 0 Å². The van der Waals surface area contributed by atoms with Gasteiger partial charge in [-0.1, -0.05) is 12.1 Å². The van der Waals surface area contributed by atoms with Crippen molar-refractivity contribution in [3.05, 3.63) is 40.9 Å². The highest BCUT2D eigenvalue weighted by molar-refractivity contribution is 7.13. The molecule has 3 aliphatic rings. The zero-order valence-electron chi connectivity index (χ0n) is 16.1. The summed E-state index contributed by atoms with van der Waals surface area (Å²) in [5, 5.41) is 14.8. The van der Waals surface area contributed by atoms with E-state index in [1.165, 1.54) is 67.2 Å². The maximum absolute atomic E-state index is 4.32. The molecule has 1 N–H and O–H groups in total. The number of fused-ring (bicyclic) bond motifs is 3. The molecule has 6 nitrogen and oxygen atoms in total. The topological polar surface area (TPSA) is 52.9 Å². The van der Waals surface area contributed by atoms with Gasteiger partial charge in [-0.3, -0.25) is 4.90 Å². The van der Waals surface area contributed by atoms with Crippen molar-refractivity contribution in [2.24, 2.45) is 10.2 Å². The van der Waals surface area contributed by atoms with E-state index in [0.717, 1.165) is 30.8 Å². The van der Waals surface area contributed by atoms with E-state index in [1.807, 2.05) is 5.38 Å². The Morgan fingerprint density at radius 1 is 1.15 bits per heavy atom. The van der Waals surface area contributed by atoms with Gasteiger partial charge in [0, 0.05) is 37.8 Å². The third-order valence-electron chi connectivity index (χ3n) is 5.95. The van der Waals surface area contributed by atoms with Gasteiger partial charge in [0.05, 0.1) is 31.9 Å². The van der Waals surface area contributed by atoms with Crippen molar-refractivity contribution in [2.45, 2.75) is 13.3 Å². The lowest BCUT2D eigenvalue weighted by molar-refractivity contribution is -0.939. The molecule has 0 atom stereocenters. The molecule has 0 unspecified atom stereocenters. The van der Waals surface area contributed by atoms with Crippen molar-refractivity contribution in [3.8, 4) is 0 Å². The zero-order chi connectivity index (χ0) is 18.5. The summed E-state index contributed by atoms with van der Waals surface area (Å²) in [6, 6.07) is 6.45. The summed E-state index contributed by atoms with van der Waals surface area (Å²) in [4.78, 5) is 6.74. The number of azo groups is 1. The van der Waals surface area contributed by atoms with Gasteiger partial charge in [0.25, 0.3) is 0 Å². The van der Waals surface area contributed by atoms with Crippen molar-refractivity contribution in [1.82, 2.24) is 15.2 Å². The van der Waals surface area contributed by atoms with Gasteiger partial charge in [0.15, 0.2) is 0 Å². The Balaban J connectivity index is 1.21. The van der Waals surface area contributed by atoms with Crippen LogP contribution < -0.4 is 5.32 Å². The molecule has 2 bridgehead atoms. The van der Waals surface area contributed by atoms with Crippen LogP contribution in [0, 0.1) is 6.92 Å². The van der Waals surface area contributed by atoms with Crippen LogP contribution >= 0.6 is 11.3 Å². The van der Waals surface area contributed by atoms with Crippen LogP contribution in [0.15, 0.2) is 40.0 Å². The molecule has 0 amide bonds. The predicted octanol–water partition coefficient (Wildman–Crippen LogP) is 3.15. The summed E-state index contributed by atoms with van der Waals surface area (Å²) in [6.45, 7) is 13.5. The fraction of sp³-hybridized carbons (Fsp3) is 0.550. The lowest BCUT2D eigenvalue weighted by Gasteiger charge is -2.50. The average molecular weight is 386 g/mol. The molecule has 1 aromatic heterocycles. The average Bonchev–Trinajstić information content (AvgIpc) is 3.22. The van der Waals surface area contributed by atoms with Gasteiger partial charge in [-0.15, -0.1) is 21.6 Å². The Bertz CT molecular complexity index is 751. The first-order valence-corrected chi connectivity index (χ1v) is 10.8. The van der Waals surface area contributed by atoms with Gasteiger partial charge in [-0.2, -0.15) is 0 Å². The second-order valence-electron chi connectivity index (χ2n) is 7.71. The highest BCUT2D eigenvalue weighted by Gasteiger charge is 2.37. The van der Waals surface area contributed by atoms with E-state index in [1.54, 1.807) is 6.20 Å². The Morgan fingerprint density at radius 3 is 2.67 bits per heavy atom. The zero-order valence-corrected chi connectivity index (χ0v) is 16.9. The van der Waals surface area contributed by atoms with Crippen LogP contribution in [0.1, 0.15) is 11.1 Å². The summed E-state index contributed by atoms with van der Waals surface area (Å²) in [5.74, 6) is 0. The smallest absolute Gasteiger partial charge is 0.229 e. The Kier molecular flexibility index (Phi) is 5.92. The molecule has 4 heterocycles. The number of piperazine rings is 3. The molecule has 0 spiro atoms. The fourth-order valence-corrected chi connectivity index (χ4v) is 4.54. The highest BCUT2D eigenvalue weighted by Crippen LogP contribution is 2.24. The molecule has 0 radical (unpaired) electrons. The van der Waals surface area contributed by atoms with Crippen LogP contribution in [0.3, 0.4) is 0 Å². The van der Waals surface area contributed by atoms with Crippen LogP contribution in [0.5, 0.6) is 0 Å². The van der Waals surface area contributed by atoms with E-state index in [-0.39, 0.29) is 0 Å². The molecule has 27 heavy (non-hydrogen) atoms. The molecule has 144 valence electrons. The van der Waals surface area contributed by atoms with E-state index < -0.39 is 0 Å². The van der Waals surface area contributed by atoms with E-state index in [0.29, 0.717) is 5.13 Å². The minimum Gasteiger partial charge on any atom is -0.319 e. The quantitative estimate of drug-likeness (QED) is 0.431. The first-order valence-electron chi connectivity index (χ1n) is 9.91. The maximum atomic E-state index is 4.32. The molecule has 1 aromatic carbocycles. The summed E-state index contributed by atoms with van der Waals surface area (Å²) < 4.78 is 1.33. The molecule has 3 fully saturated rings. The minimum atomic E-state index is 0.698. The first kappa shape index (κ1) is 18.7. The third kappa shape index (κ3) is 4.79. The molecule has 7 heteroatoms. The highest BCUT2D eigenvalue weighted by atomic mass is 32.1. The Hall–Kier alpha value is -1.67. The number of aryl methyl sites for hydroxylation is 1. The standard InChI is InChI=1S/C20H29N6S/c1-17-16-18(2-3-19(17)23-24-20-22-7-15-27-20)4-5-21-6-11-26-12-8-25(9-13-26)10-14-26/h2-3,7,15-16,21H,4-6,8-14H2,1H3/q+1. The molecular formula is C20H29N6S+. The second-order valence-corrected chi connectivity index (χ2v) is 8.59. The lowest BCUT2D eigenvalue weighted by Crippen LogP contribution is -2.68. The fourth-order valence-electron chi connectivity index (χ4n) is 4.09. The number of aromatic nitrogens is 1. The number of nitrogens with zero attached hydrogens (tertiary/aromatic N) is 5. The van der Waals surface area contributed by atoms with E-state index in [9.17, 15) is 0 Å². The van der Waals surface area contributed by atoms with Gasteiger partial charge < -0.3 is 9.80 Å². The lowest BCUT2D eigenvalue weighted by atomic mass is 10.1. The third-order valence-corrected chi connectivity index (χ3v) is 6.60. The summed E-state index contributed by atoms with van der Waals surface area (Å²) in [5.41, 5.74) is 3.44. The molecule has 0 aliphatic carbocycles. The largest absolute Gasteiger partial charge is 0.319 e. The molecular weight excluding hydrogens is 356 g/mol. The number of nitrogens with one attached hydrogen (secondary N) is 1. The van der Waals surface area contributed by atoms with Gasteiger partial charge in [-0.05, 0) is 37.1 Å². The predicted molar refractivity (Wildman–Crippen MR) is 110 cm³/mol. The number of rotatable bonds is 8. The van der Waals surface area contributed by atoms with Gasteiger partial charge in [0.2, 0.25) is 5.13 Å². The normalized spacial score (nSPS) is 24.7. The number of thiazole rings is 1. The van der Waals surface area contributed by atoms with Crippen molar-refractivity contribution in [1.29, 1.82) is 0 Å². The Morgan fingerprint density at radius 2 is 1.96 bits per heavy atom. The van der Waals surface area contributed by atoms with Gasteiger partial charge in [0.1, 0.15) is 0 Å². The van der Waals surface area contributed by atoms with Crippen LogP contribution in [0.2, 0.25) is 0 Å². The monoisotopic (exact) mass is 385 g/mol. The van der Waals surface area contributed by atoms with Crippen LogP contribution in [0.4, 0.5) is 10.8 Å². The van der Waals surface area contributed by atoms with Crippen LogP contribution in [-0.4, -0.2) is 73.3 Å². The molecule has 2 aromatic rings. The van der Waals surface area contributed by atoms with E-state index in [2.05, 4.69) is 50.6 Å². The molecule has 5 rings (SSSR count). The van der Waals surface area contributed by atoms with E-state index >= 15 is 0 Å². The van der Waals surface area contributed by atoms with E-state index in [4.69, 9.17) is 0 Å². The summed E-state index contributed by atoms with van der Waals surface area (Å²) in [7, 11) is 0. The molecule has 0 saturated carbocycles. The molecule has 3 aliphatic heterocycles.